The number of aliphatic carboxylic acids is 1. The highest BCUT2D eigenvalue weighted by atomic mass is 16.6. The first kappa shape index (κ1) is 28.6. The highest BCUT2D eigenvalue weighted by Crippen LogP contribution is 2.65. The average molecular weight is 532 g/mol. The van der Waals surface area contributed by atoms with Crippen LogP contribution in [0.4, 0.5) is 0 Å². The summed E-state index contributed by atoms with van der Waals surface area (Å²) in [6.07, 6.45) is 11.3. The van der Waals surface area contributed by atoms with Gasteiger partial charge in [-0.05, 0) is 99.4 Å². The molecule has 0 aromatic heterocycles. The lowest BCUT2D eigenvalue weighted by molar-refractivity contribution is -0.142. The quantitative estimate of drug-likeness (QED) is 0.336. The second-order valence-corrected chi connectivity index (χ2v) is 12.5. The number of hydrogen-bond donors (Lipinski definition) is 4. The predicted octanol–water partition coefficient (Wildman–Crippen LogP) is 3.56. The Kier molecular flexibility index (Phi) is 8.55. The van der Waals surface area contributed by atoms with Crippen molar-refractivity contribution >= 4 is 23.5 Å². The lowest BCUT2D eigenvalue weighted by atomic mass is 9.47. The summed E-state index contributed by atoms with van der Waals surface area (Å²) >= 11 is 0. The maximum Gasteiger partial charge on any atom is 0.326 e. The van der Waals surface area contributed by atoms with Crippen LogP contribution in [0.25, 0.3) is 0 Å². The molecule has 9 heteroatoms. The summed E-state index contributed by atoms with van der Waals surface area (Å²) in [5, 5.41) is 29.1. The molecule has 9 nitrogen and oxygen atoms in total. The number of carboxylic acids is 1. The number of hydrogen-bond acceptors (Lipinski definition) is 6. The topological polar surface area (TPSA) is 137 Å². The molecule has 4 N–H and O–H groups in total. The molecule has 4 rings (SSSR count). The van der Waals surface area contributed by atoms with Crippen LogP contribution < -0.4 is 10.6 Å². The number of nitrogens with zero attached hydrogens (tertiary/aromatic N) is 1. The average Bonchev–Trinajstić information content (AvgIpc) is 3.18. The molecule has 3 saturated carbocycles. The zero-order valence-corrected chi connectivity index (χ0v) is 23.3. The molecule has 0 bridgehead atoms. The third-order valence-corrected chi connectivity index (χ3v) is 10.3. The van der Waals surface area contributed by atoms with Gasteiger partial charge in [0, 0.05) is 0 Å². The standard InChI is InChI=1S/C29H45N3O6/c1-5-6-23(27(36)37)31-26(35)17(2)30-25(34)16-38-32-19-11-13-28(3)18(15-19)7-8-20-21-9-10-24(33)29(21,4)14-12-22(20)28/h15,17,20-24,33H,5-14,16H2,1-4H3,(H,30,34)(H,31,35)(H,36,37)/b32-19+/t17-,20-,21-,22-,23-,24+,28-,29-/m0/s1. The SMILES string of the molecule is CCC[C@H](NC(=O)[C@H](C)NC(=O)CO/N=C1/C=C2CC[C@H]3[C@@H]4CC[C@@H](O)[C@@]4(C)CC[C@@H]3[C@@]2(C)CC1)C(=O)O. The fourth-order valence-corrected chi connectivity index (χ4v) is 7.98. The van der Waals surface area contributed by atoms with E-state index < -0.39 is 29.9 Å². The molecular weight excluding hydrogens is 486 g/mol. The number of carbonyl (C=O) groups excluding carboxylic acids is 2. The van der Waals surface area contributed by atoms with Crippen LogP contribution in [-0.2, 0) is 19.2 Å². The number of carbonyl (C=O) groups is 3. The van der Waals surface area contributed by atoms with Crippen molar-refractivity contribution in [1.82, 2.24) is 10.6 Å². The third-order valence-electron chi connectivity index (χ3n) is 10.3. The minimum Gasteiger partial charge on any atom is -0.480 e. The van der Waals surface area contributed by atoms with Crippen molar-refractivity contribution in [2.24, 2.45) is 33.7 Å². The number of oxime groups is 1. The van der Waals surface area contributed by atoms with Crippen LogP contribution in [0.5, 0.6) is 0 Å². The van der Waals surface area contributed by atoms with Crippen LogP contribution in [0.2, 0.25) is 0 Å². The molecule has 0 unspecified atom stereocenters. The van der Waals surface area contributed by atoms with E-state index in [-0.39, 0.29) is 23.5 Å². The summed E-state index contributed by atoms with van der Waals surface area (Å²) in [6.45, 7) is 7.76. The number of aliphatic hydroxyl groups is 1. The number of rotatable bonds is 9. The van der Waals surface area contributed by atoms with E-state index >= 15 is 0 Å². The minimum atomic E-state index is -1.09. The second-order valence-electron chi connectivity index (χ2n) is 12.5. The number of fused-ring (bicyclic) bond motifs is 5. The van der Waals surface area contributed by atoms with Crippen molar-refractivity contribution in [2.45, 2.75) is 110 Å². The Bertz CT molecular complexity index is 995. The maximum atomic E-state index is 12.3. The van der Waals surface area contributed by atoms with E-state index in [0.29, 0.717) is 30.6 Å². The normalized spacial score (nSPS) is 36.7. The van der Waals surface area contributed by atoms with E-state index in [1.165, 1.54) is 18.9 Å². The monoisotopic (exact) mass is 531 g/mol. The van der Waals surface area contributed by atoms with Crippen molar-refractivity contribution in [3.05, 3.63) is 11.6 Å². The first-order valence-electron chi connectivity index (χ1n) is 14.4. The molecular formula is C29H45N3O6. The van der Waals surface area contributed by atoms with E-state index in [9.17, 15) is 24.6 Å². The van der Waals surface area contributed by atoms with Gasteiger partial charge in [-0.15, -0.1) is 0 Å². The fourth-order valence-electron chi connectivity index (χ4n) is 7.98. The summed E-state index contributed by atoms with van der Waals surface area (Å²) in [5.74, 6) is -0.186. The molecule has 0 radical (unpaired) electrons. The van der Waals surface area contributed by atoms with Crippen molar-refractivity contribution < 1.29 is 29.4 Å². The van der Waals surface area contributed by atoms with Gasteiger partial charge in [-0.3, -0.25) is 9.59 Å². The Morgan fingerprint density at radius 2 is 1.87 bits per heavy atom. The summed E-state index contributed by atoms with van der Waals surface area (Å²) in [7, 11) is 0. The smallest absolute Gasteiger partial charge is 0.326 e. The first-order chi connectivity index (χ1) is 18.0. The number of aliphatic hydroxyl groups excluding tert-OH is 1. The molecule has 4 aliphatic carbocycles. The van der Waals surface area contributed by atoms with Gasteiger partial charge < -0.3 is 25.7 Å². The van der Waals surface area contributed by atoms with Gasteiger partial charge in [-0.1, -0.05) is 37.9 Å². The van der Waals surface area contributed by atoms with Gasteiger partial charge in [-0.2, -0.15) is 0 Å². The maximum absolute atomic E-state index is 12.3. The summed E-state index contributed by atoms with van der Waals surface area (Å²) in [4.78, 5) is 41.2. The molecule has 0 spiro atoms. The molecule has 212 valence electrons. The zero-order chi connectivity index (χ0) is 27.7. The zero-order valence-electron chi connectivity index (χ0n) is 23.3. The molecule has 0 saturated heterocycles. The van der Waals surface area contributed by atoms with Gasteiger partial charge in [0.25, 0.3) is 5.91 Å². The number of carboxylic acid groups (broad SMARTS) is 1. The van der Waals surface area contributed by atoms with Crippen LogP contribution in [0.15, 0.2) is 16.8 Å². The van der Waals surface area contributed by atoms with Crippen LogP contribution in [0.1, 0.15) is 91.9 Å². The molecule has 0 heterocycles. The lowest BCUT2D eigenvalue weighted by Gasteiger charge is -2.57. The molecule has 0 aliphatic heterocycles. The van der Waals surface area contributed by atoms with Gasteiger partial charge in [0.2, 0.25) is 5.91 Å². The van der Waals surface area contributed by atoms with Crippen LogP contribution >= 0.6 is 0 Å². The van der Waals surface area contributed by atoms with Crippen molar-refractivity contribution in [3.63, 3.8) is 0 Å². The van der Waals surface area contributed by atoms with E-state index in [1.54, 1.807) is 0 Å². The molecule has 3 fully saturated rings. The number of nitrogens with one attached hydrogen (secondary N) is 2. The Morgan fingerprint density at radius 3 is 2.58 bits per heavy atom. The van der Waals surface area contributed by atoms with Gasteiger partial charge in [-0.25, -0.2) is 4.79 Å². The minimum absolute atomic E-state index is 0.0834. The van der Waals surface area contributed by atoms with Crippen molar-refractivity contribution in [1.29, 1.82) is 0 Å². The Balaban J connectivity index is 1.30. The lowest BCUT2D eigenvalue weighted by Crippen LogP contribution is -2.51. The molecule has 8 atom stereocenters. The van der Waals surface area contributed by atoms with Crippen molar-refractivity contribution in [3.8, 4) is 0 Å². The molecule has 2 amide bonds. The third kappa shape index (κ3) is 5.49. The summed E-state index contributed by atoms with van der Waals surface area (Å²) in [6, 6.07) is -1.86. The van der Waals surface area contributed by atoms with E-state index in [0.717, 1.165) is 50.7 Å². The van der Waals surface area contributed by atoms with E-state index in [1.807, 2.05) is 6.92 Å². The van der Waals surface area contributed by atoms with E-state index in [4.69, 9.17) is 4.84 Å². The van der Waals surface area contributed by atoms with Crippen LogP contribution in [0.3, 0.4) is 0 Å². The number of amides is 2. The fraction of sp³-hybridized carbons (Fsp3) is 0.793. The van der Waals surface area contributed by atoms with Crippen LogP contribution in [0, 0.1) is 28.6 Å². The Labute approximate surface area is 225 Å². The van der Waals surface area contributed by atoms with Gasteiger partial charge in [0.05, 0.1) is 11.8 Å². The van der Waals surface area contributed by atoms with E-state index in [2.05, 4.69) is 35.7 Å². The summed E-state index contributed by atoms with van der Waals surface area (Å²) in [5.41, 5.74) is 2.52. The second kappa shape index (κ2) is 11.4. The first-order valence-corrected chi connectivity index (χ1v) is 14.4. The Hall–Kier alpha value is -2.42. The van der Waals surface area contributed by atoms with Gasteiger partial charge >= 0.3 is 5.97 Å². The number of allylic oxidation sites excluding steroid dienone is 2. The molecule has 4 aliphatic rings. The van der Waals surface area contributed by atoms with Crippen molar-refractivity contribution in [2.75, 3.05) is 6.61 Å². The predicted molar refractivity (Wildman–Crippen MR) is 143 cm³/mol. The molecule has 0 aromatic carbocycles. The highest BCUT2D eigenvalue weighted by Gasteiger charge is 2.58. The van der Waals surface area contributed by atoms with Crippen LogP contribution in [-0.4, -0.2) is 58.5 Å². The molecule has 0 aromatic rings. The van der Waals surface area contributed by atoms with Gasteiger partial charge in [0.1, 0.15) is 12.1 Å². The largest absolute Gasteiger partial charge is 0.480 e. The highest BCUT2D eigenvalue weighted by molar-refractivity contribution is 5.96. The van der Waals surface area contributed by atoms with Gasteiger partial charge in [0.15, 0.2) is 6.61 Å². The Morgan fingerprint density at radius 1 is 1.11 bits per heavy atom. The summed E-state index contributed by atoms with van der Waals surface area (Å²) < 4.78 is 0. The molecule has 38 heavy (non-hydrogen) atoms.